The van der Waals surface area contributed by atoms with E-state index in [2.05, 4.69) is 15.3 Å². The Balaban J connectivity index is 1.79. The second-order valence-electron chi connectivity index (χ2n) is 6.02. The minimum Gasteiger partial charge on any atom is -0.324 e. The zero-order chi connectivity index (χ0) is 21.6. The quantitative estimate of drug-likeness (QED) is 0.400. The molecule has 0 saturated carbocycles. The van der Waals surface area contributed by atoms with Crippen molar-refractivity contribution < 1.29 is 13.2 Å². The molecule has 3 rings (SSSR count). The van der Waals surface area contributed by atoms with Gasteiger partial charge in [0.2, 0.25) is 5.91 Å². The normalized spacial score (nSPS) is 11.1. The van der Waals surface area contributed by atoms with Crippen LogP contribution in [0.3, 0.4) is 0 Å². The number of nitrogens with one attached hydrogen (secondary N) is 1. The predicted octanol–water partition coefficient (Wildman–Crippen LogP) is 4.08. The second kappa shape index (κ2) is 9.92. The molecule has 0 aliphatic carbocycles. The standard InChI is InChI=1S/C20H19ClN4O3S2/c1-2-25(15-7-4-3-5-8-15)30(27,28)16-9-10-17(21)18(13-16)24-19(26)14-29-20-22-11-6-12-23-20/h3-13H,2,14H2,1H3,(H,24,26). The van der Waals surface area contributed by atoms with Crippen molar-refractivity contribution in [3.8, 4) is 0 Å². The van der Waals surface area contributed by atoms with Gasteiger partial charge in [-0.1, -0.05) is 41.6 Å². The highest BCUT2D eigenvalue weighted by Crippen LogP contribution is 2.29. The van der Waals surface area contributed by atoms with E-state index in [1.54, 1.807) is 49.6 Å². The summed E-state index contributed by atoms with van der Waals surface area (Å²) in [5.41, 5.74) is 0.779. The van der Waals surface area contributed by atoms with E-state index < -0.39 is 10.0 Å². The number of thioether (sulfide) groups is 1. The summed E-state index contributed by atoms with van der Waals surface area (Å²) in [6.45, 7) is 2.01. The van der Waals surface area contributed by atoms with Crippen LogP contribution in [0.5, 0.6) is 0 Å². The van der Waals surface area contributed by atoms with Crippen LogP contribution >= 0.6 is 23.4 Å². The molecule has 1 heterocycles. The Labute approximate surface area is 184 Å². The number of aromatic nitrogens is 2. The van der Waals surface area contributed by atoms with Crippen molar-refractivity contribution in [3.63, 3.8) is 0 Å². The predicted molar refractivity (Wildman–Crippen MR) is 119 cm³/mol. The van der Waals surface area contributed by atoms with Gasteiger partial charge in [-0.3, -0.25) is 9.10 Å². The van der Waals surface area contributed by atoms with Crippen molar-refractivity contribution in [3.05, 3.63) is 72.0 Å². The first-order valence-corrected chi connectivity index (χ1v) is 11.8. The molecule has 30 heavy (non-hydrogen) atoms. The summed E-state index contributed by atoms with van der Waals surface area (Å²) in [5, 5.41) is 3.37. The van der Waals surface area contributed by atoms with Gasteiger partial charge >= 0.3 is 0 Å². The highest BCUT2D eigenvalue weighted by Gasteiger charge is 2.24. The van der Waals surface area contributed by atoms with E-state index in [0.717, 1.165) is 0 Å². The van der Waals surface area contributed by atoms with Crippen LogP contribution in [0.25, 0.3) is 0 Å². The Morgan fingerprint density at radius 2 is 1.80 bits per heavy atom. The Bertz CT molecular complexity index is 1110. The molecule has 0 unspecified atom stereocenters. The molecule has 10 heteroatoms. The average molecular weight is 463 g/mol. The largest absolute Gasteiger partial charge is 0.324 e. The van der Waals surface area contributed by atoms with Gasteiger partial charge in [0, 0.05) is 18.9 Å². The molecule has 0 saturated heterocycles. The summed E-state index contributed by atoms with van der Waals surface area (Å²) >= 11 is 7.35. The lowest BCUT2D eigenvalue weighted by Gasteiger charge is -2.23. The summed E-state index contributed by atoms with van der Waals surface area (Å²) in [7, 11) is -3.84. The number of anilines is 2. The number of sulfonamides is 1. The molecule has 3 aromatic rings. The third kappa shape index (κ3) is 5.29. The van der Waals surface area contributed by atoms with Crippen LogP contribution in [0.1, 0.15) is 6.92 Å². The highest BCUT2D eigenvalue weighted by molar-refractivity contribution is 7.99. The zero-order valence-corrected chi connectivity index (χ0v) is 18.4. The molecule has 0 fully saturated rings. The van der Waals surface area contributed by atoms with Gasteiger partial charge in [0.25, 0.3) is 10.0 Å². The molecular formula is C20H19ClN4O3S2. The highest BCUT2D eigenvalue weighted by atomic mass is 35.5. The number of halogens is 1. The molecule has 0 atom stereocenters. The number of amides is 1. The van der Waals surface area contributed by atoms with E-state index in [1.165, 1.54) is 34.3 Å². The molecule has 2 aromatic carbocycles. The third-order valence-corrected chi connectivity index (χ3v) is 7.11. The van der Waals surface area contributed by atoms with Gasteiger partial charge in [-0.2, -0.15) is 0 Å². The molecule has 0 aliphatic rings. The smallest absolute Gasteiger partial charge is 0.264 e. The minimum absolute atomic E-state index is 0.0342. The van der Waals surface area contributed by atoms with Gasteiger partial charge in [0.05, 0.1) is 27.0 Å². The van der Waals surface area contributed by atoms with Gasteiger partial charge in [-0.05, 0) is 43.3 Å². The lowest BCUT2D eigenvalue weighted by Crippen LogP contribution is -2.30. The van der Waals surface area contributed by atoms with Crippen LogP contribution in [0.2, 0.25) is 5.02 Å². The lowest BCUT2D eigenvalue weighted by atomic mass is 10.3. The summed E-state index contributed by atoms with van der Waals surface area (Å²) in [4.78, 5) is 20.4. The second-order valence-corrected chi connectivity index (χ2v) is 9.23. The molecule has 1 aromatic heterocycles. The van der Waals surface area contributed by atoms with E-state index in [-0.39, 0.29) is 33.8 Å². The first kappa shape index (κ1) is 22.1. The molecular weight excluding hydrogens is 444 g/mol. The van der Waals surface area contributed by atoms with E-state index in [0.29, 0.717) is 10.8 Å². The number of nitrogens with zero attached hydrogens (tertiary/aromatic N) is 3. The Morgan fingerprint density at radius 3 is 2.47 bits per heavy atom. The Morgan fingerprint density at radius 1 is 1.10 bits per heavy atom. The summed E-state index contributed by atoms with van der Waals surface area (Å²) < 4.78 is 27.6. The van der Waals surface area contributed by atoms with Crippen LogP contribution in [-0.4, -0.2) is 36.6 Å². The third-order valence-electron chi connectivity index (χ3n) is 4.01. The monoisotopic (exact) mass is 462 g/mol. The fourth-order valence-electron chi connectivity index (χ4n) is 2.65. The number of carbonyl (C=O) groups is 1. The van der Waals surface area contributed by atoms with E-state index in [4.69, 9.17) is 11.6 Å². The molecule has 7 nitrogen and oxygen atoms in total. The van der Waals surface area contributed by atoms with Crippen LogP contribution in [0, 0.1) is 0 Å². The van der Waals surface area contributed by atoms with Crippen molar-refractivity contribution in [2.75, 3.05) is 21.9 Å². The Hall–Kier alpha value is -2.62. The van der Waals surface area contributed by atoms with Gasteiger partial charge in [-0.15, -0.1) is 0 Å². The van der Waals surface area contributed by atoms with Crippen molar-refractivity contribution >= 4 is 50.7 Å². The minimum atomic E-state index is -3.84. The maximum absolute atomic E-state index is 13.2. The first-order valence-electron chi connectivity index (χ1n) is 8.99. The fraction of sp³-hybridized carbons (Fsp3) is 0.150. The fourth-order valence-corrected chi connectivity index (χ4v) is 4.92. The van der Waals surface area contributed by atoms with E-state index >= 15 is 0 Å². The molecule has 0 bridgehead atoms. The van der Waals surface area contributed by atoms with E-state index in [9.17, 15) is 13.2 Å². The molecule has 156 valence electrons. The maximum Gasteiger partial charge on any atom is 0.264 e. The SMILES string of the molecule is CCN(c1ccccc1)S(=O)(=O)c1ccc(Cl)c(NC(=O)CSc2ncccn2)c1. The summed E-state index contributed by atoms with van der Waals surface area (Å²) in [6, 6.07) is 14.7. The lowest BCUT2D eigenvalue weighted by molar-refractivity contribution is -0.113. The van der Waals surface area contributed by atoms with Crippen LogP contribution in [-0.2, 0) is 14.8 Å². The van der Waals surface area contributed by atoms with Crippen LogP contribution < -0.4 is 9.62 Å². The van der Waals surface area contributed by atoms with Gasteiger partial charge in [-0.25, -0.2) is 18.4 Å². The van der Waals surface area contributed by atoms with Crippen LogP contribution in [0.4, 0.5) is 11.4 Å². The molecule has 1 amide bonds. The van der Waals surface area contributed by atoms with Gasteiger partial charge < -0.3 is 5.32 Å². The number of carbonyl (C=O) groups excluding carboxylic acids is 1. The zero-order valence-electron chi connectivity index (χ0n) is 16.0. The topological polar surface area (TPSA) is 92.3 Å². The molecule has 0 radical (unpaired) electrons. The Kier molecular flexibility index (Phi) is 7.30. The first-order chi connectivity index (χ1) is 14.4. The van der Waals surface area contributed by atoms with Crippen molar-refractivity contribution in [2.45, 2.75) is 17.0 Å². The van der Waals surface area contributed by atoms with Crippen molar-refractivity contribution in [1.29, 1.82) is 0 Å². The number of benzene rings is 2. The van der Waals surface area contributed by atoms with Crippen molar-refractivity contribution in [1.82, 2.24) is 9.97 Å². The van der Waals surface area contributed by atoms with Gasteiger partial charge in [0.15, 0.2) is 5.16 Å². The number of hydrogen-bond acceptors (Lipinski definition) is 6. The number of para-hydroxylation sites is 1. The number of hydrogen-bond donors (Lipinski definition) is 1. The average Bonchev–Trinajstić information content (AvgIpc) is 2.75. The molecule has 0 aliphatic heterocycles. The molecule has 1 N–H and O–H groups in total. The van der Waals surface area contributed by atoms with Crippen molar-refractivity contribution in [2.24, 2.45) is 0 Å². The molecule has 0 spiro atoms. The van der Waals surface area contributed by atoms with Crippen LogP contribution in [0.15, 0.2) is 77.0 Å². The van der Waals surface area contributed by atoms with E-state index in [1.807, 2.05) is 6.07 Å². The van der Waals surface area contributed by atoms with Gasteiger partial charge in [0.1, 0.15) is 0 Å². The number of rotatable bonds is 8. The summed E-state index contributed by atoms with van der Waals surface area (Å²) in [6.07, 6.45) is 3.18. The summed E-state index contributed by atoms with van der Waals surface area (Å²) in [5.74, 6) is -0.290. The maximum atomic E-state index is 13.2.